The Bertz CT molecular complexity index is 358. The molecule has 0 heterocycles. The van der Waals surface area contributed by atoms with Gasteiger partial charge >= 0.3 is 12.1 Å². The first kappa shape index (κ1) is 15.7. The van der Waals surface area contributed by atoms with E-state index in [9.17, 15) is 22.8 Å². The van der Waals surface area contributed by atoms with Gasteiger partial charge in [0.2, 0.25) is 5.91 Å². The van der Waals surface area contributed by atoms with Crippen molar-refractivity contribution in [1.82, 2.24) is 5.32 Å². The fourth-order valence-electron chi connectivity index (χ4n) is 2.30. The van der Waals surface area contributed by atoms with E-state index in [-0.39, 0.29) is 5.92 Å². The largest absolute Gasteiger partial charge is 0.481 e. The molecule has 4 unspecified atom stereocenters. The van der Waals surface area contributed by atoms with Crippen LogP contribution in [0.15, 0.2) is 0 Å². The minimum atomic E-state index is -4.80. The van der Waals surface area contributed by atoms with Crippen LogP contribution in [0.1, 0.15) is 19.8 Å². The molecule has 0 aliphatic heterocycles. The van der Waals surface area contributed by atoms with Crippen molar-refractivity contribution in [2.75, 3.05) is 6.54 Å². The number of aliphatic hydroxyl groups excluding tert-OH is 1. The van der Waals surface area contributed by atoms with Gasteiger partial charge in [0.1, 0.15) is 0 Å². The van der Waals surface area contributed by atoms with Crippen LogP contribution in [0, 0.1) is 17.8 Å². The highest BCUT2D eigenvalue weighted by Crippen LogP contribution is 2.36. The Balaban J connectivity index is 2.56. The lowest BCUT2D eigenvalue weighted by Gasteiger charge is -2.18. The van der Waals surface area contributed by atoms with Crippen molar-refractivity contribution >= 4 is 11.9 Å². The van der Waals surface area contributed by atoms with E-state index in [1.807, 2.05) is 5.32 Å². The lowest BCUT2D eigenvalue weighted by atomic mass is 9.95. The second kappa shape index (κ2) is 5.77. The van der Waals surface area contributed by atoms with E-state index in [1.54, 1.807) is 6.92 Å². The van der Waals surface area contributed by atoms with Gasteiger partial charge in [-0.15, -0.1) is 0 Å². The minimum Gasteiger partial charge on any atom is -0.481 e. The first-order chi connectivity index (χ1) is 8.62. The molecule has 0 radical (unpaired) electrons. The van der Waals surface area contributed by atoms with Gasteiger partial charge in [-0.05, 0) is 18.8 Å². The van der Waals surface area contributed by atoms with Crippen LogP contribution in [0.5, 0.6) is 0 Å². The number of halogens is 3. The molecule has 1 aliphatic carbocycles. The second-order valence-electron chi connectivity index (χ2n) is 4.93. The molecule has 0 aromatic heterocycles. The summed E-state index contributed by atoms with van der Waals surface area (Å²) in [5, 5.41) is 19.7. The Hall–Kier alpha value is -1.31. The number of hydrogen-bond acceptors (Lipinski definition) is 3. The summed E-state index contributed by atoms with van der Waals surface area (Å²) < 4.78 is 36.1. The zero-order valence-corrected chi connectivity index (χ0v) is 10.3. The van der Waals surface area contributed by atoms with Crippen molar-refractivity contribution in [1.29, 1.82) is 0 Å². The van der Waals surface area contributed by atoms with Crippen LogP contribution < -0.4 is 5.32 Å². The third-order valence-electron chi connectivity index (χ3n) is 3.30. The van der Waals surface area contributed by atoms with Gasteiger partial charge in [-0.1, -0.05) is 6.92 Å². The molecule has 8 heteroatoms. The standard InChI is InChI=1S/C11H16F3NO4/c1-5-2-6(7(3-5)10(18)19)9(17)15-4-8(16)11(12,13)14/h5-8,16H,2-4H2,1H3,(H,15,17)(H,18,19). The summed E-state index contributed by atoms with van der Waals surface area (Å²) in [5.41, 5.74) is 0. The Kier molecular flexibility index (Phi) is 4.78. The maximum Gasteiger partial charge on any atom is 0.416 e. The summed E-state index contributed by atoms with van der Waals surface area (Å²) in [7, 11) is 0. The monoisotopic (exact) mass is 283 g/mol. The van der Waals surface area contributed by atoms with E-state index >= 15 is 0 Å². The first-order valence-electron chi connectivity index (χ1n) is 5.88. The Morgan fingerprint density at radius 3 is 2.32 bits per heavy atom. The molecule has 1 aliphatic rings. The average molecular weight is 283 g/mol. The summed E-state index contributed by atoms with van der Waals surface area (Å²) >= 11 is 0. The molecule has 0 bridgehead atoms. The highest BCUT2D eigenvalue weighted by atomic mass is 19.4. The summed E-state index contributed by atoms with van der Waals surface area (Å²) in [4.78, 5) is 22.6. The molecule has 1 fully saturated rings. The molecule has 0 aromatic rings. The number of hydrogen-bond donors (Lipinski definition) is 3. The topological polar surface area (TPSA) is 86.6 Å². The van der Waals surface area contributed by atoms with E-state index in [4.69, 9.17) is 10.2 Å². The maximum absolute atomic E-state index is 12.0. The Morgan fingerprint density at radius 1 is 1.32 bits per heavy atom. The van der Waals surface area contributed by atoms with Gasteiger partial charge in [-0.25, -0.2) is 0 Å². The summed E-state index contributed by atoms with van der Waals surface area (Å²) in [6.07, 6.45) is -6.79. The maximum atomic E-state index is 12.0. The van der Waals surface area contributed by atoms with Gasteiger partial charge in [0, 0.05) is 0 Å². The van der Waals surface area contributed by atoms with Gasteiger partial charge in [0.15, 0.2) is 6.10 Å². The summed E-state index contributed by atoms with van der Waals surface area (Å²) in [5.74, 6) is -3.56. The molecular weight excluding hydrogens is 267 g/mol. The number of carbonyl (C=O) groups excluding carboxylic acids is 1. The molecular formula is C11H16F3NO4. The number of carbonyl (C=O) groups is 2. The molecule has 5 nitrogen and oxygen atoms in total. The van der Waals surface area contributed by atoms with Crippen LogP contribution in [0.3, 0.4) is 0 Å². The van der Waals surface area contributed by atoms with Crippen molar-refractivity contribution in [3.63, 3.8) is 0 Å². The highest BCUT2D eigenvalue weighted by molar-refractivity contribution is 5.85. The molecule has 3 N–H and O–H groups in total. The Labute approximate surface area is 107 Å². The van der Waals surface area contributed by atoms with Crippen molar-refractivity contribution in [2.24, 2.45) is 17.8 Å². The van der Waals surface area contributed by atoms with Gasteiger partial charge < -0.3 is 15.5 Å². The predicted molar refractivity (Wildman–Crippen MR) is 58.1 cm³/mol. The van der Waals surface area contributed by atoms with Gasteiger partial charge in [-0.2, -0.15) is 13.2 Å². The number of alkyl halides is 3. The smallest absolute Gasteiger partial charge is 0.416 e. The number of amides is 1. The van der Waals surface area contributed by atoms with Crippen molar-refractivity contribution in [3.8, 4) is 0 Å². The molecule has 4 atom stereocenters. The third-order valence-corrected chi connectivity index (χ3v) is 3.30. The molecule has 0 spiro atoms. The van der Waals surface area contributed by atoms with E-state index in [2.05, 4.69) is 0 Å². The first-order valence-corrected chi connectivity index (χ1v) is 5.88. The van der Waals surface area contributed by atoms with Crippen molar-refractivity contribution < 1.29 is 33.0 Å². The molecule has 1 rings (SSSR count). The predicted octanol–water partition coefficient (Wildman–Crippen LogP) is 0.773. The number of nitrogens with one attached hydrogen (secondary N) is 1. The second-order valence-corrected chi connectivity index (χ2v) is 4.93. The number of carboxylic acids is 1. The fraction of sp³-hybridized carbons (Fsp3) is 0.818. The molecule has 110 valence electrons. The Morgan fingerprint density at radius 2 is 1.84 bits per heavy atom. The molecule has 1 saturated carbocycles. The minimum absolute atomic E-state index is 0.0318. The number of rotatable bonds is 4. The number of aliphatic hydroxyl groups is 1. The fourth-order valence-corrected chi connectivity index (χ4v) is 2.30. The zero-order valence-electron chi connectivity index (χ0n) is 10.3. The van der Waals surface area contributed by atoms with Gasteiger partial charge in [-0.3, -0.25) is 9.59 Å². The van der Waals surface area contributed by atoms with Crippen LogP contribution in [0.4, 0.5) is 13.2 Å². The zero-order chi connectivity index (χ0) is 14.8. The molecule has 1 amide bonds. The highest BCUT2D eigenvalue weighted by Gasteiger charge is 2.42. The normalized spacial score (nSPS) is 29.0. The van der Waals surface area contributed by atoms with Gasteiger partial charge in [0.25, 0.3) is 0 Å². The summed E-state index contributed by atoms with van der Waals surface area (Å²) in [6.45, 7) is 0.827. The van der Waals surface area contributed by atoms with E-state index < -0.39 is 42.5 Å². The average Bonchev–Trinajstić information content (AvgIpc) is 2.66. The van der Waals surface area contributed by atoms with Gasteiger partial charge in [0.05, 0.1) is 18.4 Å². The van der Waals surface area contributed by atoms with Crippen LogP contribution in [0.25, 0.3) is 0 Å². The SMILES string of the molecule is CC1CC(C(=O)O)C(C(=O)NCC(O)C(F)(F)F)C1. The van der Waals surface area contributed by atoms with E-state index in [1.165, 1.54) is 0 Å². The number of aliphatic carboxylic acids is 1. The number of carboxylic acid groups (broad SMARTS) is 1. The van der Waals surface area contributed by atoms with Crippen molar-refractivity contribution in [2.45, 2.75) is 32.0 Å². The summed E-state index contributed by atoms with van der Waals surface area (Å²) in [6, 6.07) is 0. The van der Waals surface area contributed by atoms with E-state index in [0.29, 0.717) is 12.8 Å². The quantitative estimate of drug-likeness (QED) is 0.711. The van der Waals surface area contributed by atoms with Crippen LogP contribution in [-0.4, -0.2) is 40.9 Å². The molecule has 0 aromatic carbocycles. The van der Waals surface area contributed by atoms with Crippen LogP contribution in [-0.2, 0) is 9.59 Å². The molecule has 0 saturated heterocycles. The molecule has 19 heavy (non-hydrogen) atoms. The van der Waals surface area contributed by atoms with Crippen LogP contribution >= 0.6 is 0 Å². The van der Waals surface area contributed by atoms with Crippen molar-refractivity contribution in [3.05, 3.63) is 0 Å². The lowest BCUT2D eigenvalue weighted by molar-refractivity contribution is -0.202. The van der Waals surface area contributed by atoms with E-state index in [0.717, 1.165) is 0 Å². The third kappa shape index (κ3) is 4.09. The van der Waals surface area contributed by atoms with Crippen LogP contribution in [0.2, 0.25) is 0 Å². The lowest BCUT2D eigenvalue weighted by Crippen LogP contribution is -2.43.